The molecule has 0 aromatic heterocycles. The van der Waals surface area contributed by atoms with Gasteiger partial charge in [-0.15, -0.1) is 0 Å². The van der Waals surface area contributed by atoms with Gasteiger partial charge in [0, 0.05) is 24.5 Å². The largest absolute Gasteiger partial charge is 0.496 e. The molecule has 2 aromatic rings. The smallest absolute Gasteiger partial charge is 0.284 e. The van der Waals surface area contributed by atoms with E-state index in [1.165, 1.54) is 46.9 Å². The summed E-state index contributed by atoms with van der Waals surface area (Å²) in [7, 11) is 4.00. The van der Waals surface area contributed by atoms with E-state index in [4.69, 9.17) is 4.74 Å². The van der Waals surface area contributed by atoms with Crippen LogP contribution in [0.5, 0.6) is 5.75 Å². The van der Waals surface area contributed by atoms with Gasteiger partial charge in [-0.1, -0.05) is 24.3 Å². The Morgan fingerprint density at radius 2 is 2.18 bits per heavy atom. The van der Waals surface area contributed by atoms with Crippen LogP contribution >= 0.6 is 11.8 Å². The van der Waals surface area contributed by atoms with Crippen molar-refractivity contribution in [3.63, 3.8) is 0 Å². The number of nitrogens with one attached hydrogen (secondary N) is 1. The van der Waals surface area contributed by atoms with E-state index in [2.05, 4.69) is 53.7 Å². The van der Waals surface area contributed by atoms with Gasteiger partial charge in [0.2, 0.25) is 0 Å². The molecule has 5 heteroatoms. The molecule has 1 amide bonds. The molecule has 4 nitrogen and oxygen atoms in total. The van der Waals surface area contributed by atoms with Crippen LogP contribution in [0.1, 0.15) is 41.0 Å². The lowest BCUT2D eigenvalue weighted by molar-refractivity contribution is 0.260. The number of carbonyl (C=O) groups is 1. The summed E-state index contributed by atoms with van der Waals surface area (Å²) in [5.41, 5.74) is 5.45. The van der Waals surface area contributed by atoms with Crippen molar-refractivity contribution in [2.45, 2.75) is 43.0 Å². The summed E-state index contributed by atoms with van der Waals surface area (Å²) in [6.45, 7) is 2.76. The molecule has 4 rings (SSSR count). The van der Waals surface area contributed by atoms with Crippen LogP contribution in [0.15, 0.2) is 41.3 Å². The van der Waals surface area contributed by atoms with Crippen LogP contribution in [-0.2, 0) is 19.4 Å². The van der Waals surface area contributed by atoms with Gasteiger partial charge >= 0.3 is 0 Å². The molecule has 1 aliphatic heterocycles. The fourth-order valence-corrected chi connectivity index (χ4v) is 5.15. The first kappa shape index (κ1) is 19.3. The molecule has 0 saturated carbocycles. The number of thioether (sulfide) groups is 1. The first-order valence-electron chi connectivity index (χ1n) is 10.1. The number of methoxy groups -OCH3 is 1. The molecule has 28 heavy (non-hydrogen) atoms. The number of carbonyl (C=O) groups excluding carboxylic acids is 1. The first-order chi connectivity index (χ1) is 13.6. The Kier molecular flexibility index (Phi) is 5.93. The summed E-state index contributed by atoms with van der Waals surface area (Å²) in [5, 5.41) is 2.95. The van der Waals surface area contributed by atoms with Crippen molar-refractivity contribution in [3.05, 3.63) is 58.7 Å². The lowest BCUT2D eigenvalue weighted by Crippen LogP contribution is -2.29. The number of fused-ring (bicyclic) bond motifs is 2. The third kappa shape index (κ3) is 4.20. The van der Waals surface area contributed by atoms with E-state index in [0.29, 0.717) is 12.5 Å². The first-order valence-corrected chi connectivity index (χ1v) is 10.9. The van der Waals surface area contributed by atoms with E-state index in [1.54, 1.807) is 7.11 Å². The molecule has 0 bridgehead atoms. The van der Waals surface area contributed by atoms with Crippen LogP contribution in [0.3, 0.4) is 0 Å². The third-order valence-corrected chi connectivity index (χ3v) is 6.82. The Morgan fingerprint density at radius 1 is 1.29 bits per heavy atom. The Labute approximate surface area is 171 Å². The maximum absolute atomic E-state index is 11.5. The predicted molar refractivity (Wildman–Crippen MR) is 114 cm³/mol. The number of benzene rings is 2. The van der Waals surface area contributed by atoms with Gasteiger partial charge in [0.15, 0.2) is 0 Å². The van der Waals surface area contributed by atoms with E-state index >= 15 is 0 Å². The number of rotatable bonds is 6. The highest BCUT2D eigenvalue weighted by Crippen LogP contribution is 2.37. The molecule has 0 fully saturated rings. The molecule has 1 aliphatic carbocycles. The summed E-state index contributed by atoms with van der Waals surface area (Å²) in [6, 6.07) is 13.0. The standard InChI is InChI=1S/C23H28N2O2S/c1-25(12-11-16-9-10-22-18(13-16)14-24-23(26)28-22)15-17-5-3-7-20-19(17)6-4-8-21(20)27-2/h4,6,8-10,13,17H,3,5,7,11-12,14-15H2,1-2H3,(H,24,26). The molecule has 2 aliphatic rings. The second kappa shape index (κ2) is 8.58. The molecule has 0 radical (unpaired) electrons. The molecule has 148 valence electrons. The van der Waals surface area contributed by atoms with E-state index < -0.39 is 0 Å². The van der Waals surface area contributed by atoms with Crippen LogP contribution in [0.4, 0.5) is 4.79 Å². The number of likely N-dealkylation sites (N-methyl/N-ethyl adjacent to an activating group) is 1. The van der Waals surface area contributed by atoms with Crippen LogP contribution in [0.25, 0.3) is 0 Å². The van der Waals surface area contributed by atoms with Gasteiger partial charge in [-0.2, -0.15) is 0 Å². The van der Waals surface area contributed by atoms with Gasteiger partial charge in [-0.3, -0.25) is 4.79 Å². The second-order valence-corrected chi connectivity index (χ2v) is 8.83. The van der Waals surface area contributed by atoms with Crippen molar-refractivity contribution >= 4 is 17.0 Å². The Balaban J connectivity index is 1.37. The number of amides is 1. The summed E-state index contributed by atoms with van der Waals surface area (Å²) < 4.78 is 5.58. The number of hydrogen-bond donors (Lipinski definition) is 1. The number of ether oxygens (including phenoxy) is 1. The molecule has 0 spiro atoms. The van der Waals surface area contributed by atoms with Gasteiger partial charge in [0.25, 0.3) is 5.24 Å². The predicted octanol–water partition coefficient (Wildman–Crippen LogP) is 4.60. The second-order valence-electron chi connectivity index (χ2n) is 7.81. The average molecular weight is 397 g/mol. The van der Waals surface area contributed by atoms with Crippen LogP contribution in [-0.4, -0.2) is 37.4 Å². The Hall–Kier alpha value is -1.98. The van der Waals surface area contributed by atoms with Crippen molar-refractivity contribution in [3.8, 4) is 5.75 Å². The maximum atomic E-state index is 11.5. The van der Waals surface area contributed by atoms with Crippen molar-refractivity contribution in [1.82, 2.24) is 10.2 Å². The Bertz CT molecular complexity index is 868. The van der Waals surface area contributed by atoms with E-state index in [-0.39, 0.29) is 5.24 Å². The van der Waals surface area contributed by atoms with Gasteiger partial charge in [-0.05, 0) is 84.8 Å². The SMILES string of the molecule is COc1cccc2c1CCCC2CN(C)CCc1ccc2c(c1)CNC(=O)S2. The quantitative estimate of drug-likeness (QED) is 0.774. The van der Waals surface area contributed by atoms with Gasteiger partial charge in [0.1, 0.15) is 5.75 Å². The number of nitrogens with zero attached hydrogens (tertiary/aromatic N) is 1. The monoisotopic (exact) mass is 396 g/mol. The van der Waals surface area contributed by atoms with Crippen molar-refractivity contribution < 1.29 is 9.53 Å². The lowest BCUT2D eigenvalue weighted by Gasteiger charge is -2.30. The summed E-state index contributed by atoms with van der Waals surface area (Å²) in [6.07, 6.45) is 4.64. The molecule has 2 aromatic carbocycles. The summed E-state index contributed by atoms with van der Waals surface area (Å²) in [4.78, 5) is 15.0. The topological polar surface area (TPSA) is 41.6 Å². The van der Waals surface area contributed by atoms with Crippen LogP contribution < -0.4 is 10.1 Å². The highest BCUT2D eigenvalue weighted by Gasteiger charge is 2.23. The van der Waals surface area contributed by atoms with Crippen molar-refractivity contribution in [2.75, 3.05) is 27.2 Å². The Morgan fingerprint density at radius 3 is 3.04 bits per heavy atom. The molecule has 1 N–H and O–H groups in total. The third-order valence-electron chi connectivity index (χ3n) is 5.87. The van der Waals surface area contributed by atoms with E-state index in [9.17, 15) is 4.79 Å². The zero-order valence-corrected chi connectivity index (χ0v) is 17.5. The fraction of sp³-hybridized carbons (Fsp3) is 0.435. The zero-order chi connectivity index (χ0) is 19.5. The fourth-order valence-electron chi connectivity index (χ4n) is 4.41. The minimum absolute atomic E-state index is 0.0457. The normalized spacial score (nSPS) is 18.4. The lowest BCUT2D eigenvalue weighted by atomic mass is 9.82. The minimum atomic E-state index is 0.0457. The summed E-state index contributed by atoms with van der Waals surface area (Å²) >= 11 is 1.29. The van der Waals surface area contributed by atoms with Gasteiger partial charge in [-0.25, -0.2) is 0 Å². The highest BCUT2D eigenvalue weighted by atomic mass is 32.2. The summed E-state index contributed by atoms with van der Waals surface area (Å²) in [5.74, 6) is 1.63. The zero-order valence-electron chi connectivity index (χ0n) is 16.7. The molecule has 1 atom stereocenters. The van der Waals surface area contributed by atoms with Gasteiger partial charge < -0.3 is 15.0 Å². The molecule has 1 unspecified atom stereocenters. The van der Waals surface area contributed by atoms with E-state index in [0.717, 1.165) is 36.6 Å². The maximum Gasteiger partial charge on any atom is 0.284 e. The number of hydrogen-bond acceptors (Lipinski definition) is 4. The minimum Gasteiger partial charge on any atom is -0.496 e. The average Bonchev–Trinajstić information content (AvgIpc) is 2.72. The van der Waals surface area contributed by atoms with Crippen LogP contribution in [0.2, 0.25) is 0 Å². The van der Waals surface area contributed by atoms with Crippen molar-refractivity contribution in [2.24, 2.45) is 0 Å². The molecule has 0 saturated heterocycles. The van der Waals surface area contributed by atoms with Crippen LogP contribution in [0, 0.1) is 0 Å². The molecular formula is C23H28N2O2S. The molecule has 1 heterocycles. The van der Waals surface area contributed by atoms with Gasteiger partial charge in [0.05, 0.1) is 7.11 Å². The molecular weight excluding hydrogens is 368 g/mol. The van der Waals surface area contributed by atoms with E-state index in [1.807, 2.05) is 0 Å². The highest BCUT2D eigenvalue weighted by molar-refractivity contribution is 8.13. The van der Waals surface area contributed by atoms with Crippen molar-refractivity contribution in [1.29, 1.82) is 0 Å².